The molecule has 1 aromatic carbocycles. The quantitative estimate of drug-likeness (QED) is 0.773. The molecule has 2 aromatic heterocycles. The smallest absolute Gasteiger partial charge is 0.152 e. The van der Waals surface area contributed by atoms with E-state index in [4.69, 9.17) is 4.74 Å². The average molecular weight is 268 g/mol. The molecule has 0 fully saturated rings. The highest BCUT2D eigenvalue weighted by Crippen LogP contribution is 2.16. The molecular weight excluding hydrogens is 252 g/mol. The second-order valence-electron chi connectivity index (χ2n) is 4.37. The second-order valence-corrected chi connectivity index (χ2v) is 4.37. The van der Waals surface area contributed by atoms with Crippen molar-refractivity contribution >= 4 is 11.3 Å². The fourth-order valence-corrected chi connectivity index (χ4v) is 2.09. The molecule has 5 nitrogen and oxygen atoms in total. The van der Waals surface area contributed by atoms with Crippen molar-refractivity contribution in [3.63, 3.8) is 0 Å². The topological polar surface area (TPSA) is 51.5 Å². The van der Waals surface area contributed by atoms with Gasteiger partial charge in [0, 0.05) is 18.9 Å². The van der Waals surface area contributed by atoms with Gasteiger partial charge in [-0.3, -0.25) is 0 Å². The number of aromatic nitrogens is 3. The van der Waals surface area contributed by atoms with Crippen LogP contribution in [0.1, 0.15) is 12.5 Å². The summed E-state index contributed by atoms with van der Waals surface area (Å²) in [5.41, 5.74) is 2.12. The Balaban J connectivity index is 1.76. The summed E-state index contributed by atoms with van der Waals surface area (Å²) >= 11 is 0. The molecule has 0 spiro atoms. The van der Waals surface area contributed by atoms with Gasteiger partial charge in [-0.1, -0.05) is 12.1 Å². The van der Waals surface area contributed by atoms with E-state index in [2.05, 4.69) is 21.5 Å². The fraction of sp³-hybridized carbons (Fsp3) is 0.200. The monoisotopic (exact) mass is 268 g/mol. The van der Waals surface area contributed by atoms with Gasteiger partial charge in [0.25, 0.3) is 0 Å². The Morgan fingerprint density at radius 1 is 1.25 bits per heavy atom. The van der Waals surface area contributed by atoms with Gasteiger partial charge in [-0.2, -0.15) is 5.10 Å². The lowest BCUT2D eigenvalue weighted by Gasteiger charge is -2.09. The molecule has 3 rings (SSSR count). The molecular formula is C15H16N4O. The van der Waals surface area contributed by atoms with Crippen LogP contribution in [0.5, 0.6) is 5.75 Å². The van der Waals surface area contributed by atoms with Crippen LogP contribution in [0.3, 0.4) is 0 Å². The molecule has 0 atom stereocenters. The van der Waals surface area contributed by atoms with Crippen LogP contribution in [0.25, 0.3) is 5.52 Å². The standard InChI is InChI=1S/C15H16N4O/c1-2-20-13-5-3-4-12(10-13)11-17-15-14-6-7-18-19(14)9-8-16-15/h3-10H,2,11H2,1H3,(H,16,17). The van der Waals surface area contributed by atoms with Crippen molar-refractivity contribution in [1.82, 2.24) is 14.6 Å². The van der Waals surface area contributed by atoms with E-state index in [9.17, 15) is 0 Å². The summed E-state index contributed by atoms with van der Waals surface area (Å²) in [5.74, 6) is 1.72. The molecule has 2 heterocycles. The van der Waals surface area contributed by atoms with Crippen LogP contribution in [0, 0.1) is 0 Å². The maximum atomic E-state index is 5.50. The Bertz CT molecular complexity index is 708. The van der Waals surface area contributed by atoms with Gasteiger partial charge in [-0.15, -0.1) is 0 Å². The van der Waals surface area contributed by atoms with Crippen molar-refractivity contribution in [2.75, 3.05) is 11.9 Å². The Kier molecular flexibility index (Phi) is 3.50. The van der Waals surface area contributed by atoms with E-state index in [-0.39, 0.29) is 0 Å². The minimum atomic E-state index is 0.674. The van der Waals surface area contributed by atoms with Crippen molar-refractivity contribution in [2.24, 2.45) is 0 Å². The predicted octanol–water partition coefficient (Wildman–Crippen LogP) is 2.74. The molecule has 0 aliphatic carbocycles. The van der Waals surface area contributed by atoms with Gasteiger partial charge in [0.1, 0.15) is 11.3 Å². The van der Waals surface area contributed by atoms with Gasteiger partial charge in [0.15, 0.2) is 5.82 Å². The Hall–Kier alpha value is -2.56. The fourth-order valence-electron chi connectivity index (χ4n) is 2.09. The average Bonchev–Trinajstić information content (AvgIpc) is 2.95. The molecule has 102 valence electrons. The van der Waals surface area contributed by atoms with Gasteiger partial charge in [0.2, 0.25) is 0 Å². The van der Waals surface area contributed by atoms with E-state index in [0.29, 0.717) is 13.2 Å². The first kappa shape index (κ1) is 12.5. The first-order valence-corrected chi connectivity index (χ1v) is 6.61. The van der Waals surface area contributed by atoms with Crippen molar-refractivity contribution < 1.29 is 4.74 Å². The number of hydrogen-bond donors (Lipinski definition) is 1. The summed E-state index contributed by atoms with van der Waals surface area (Å²) in [6, 6.07) is 9.99. The number of fused-ring (bicyclic) bond motifs is 1. The van der Waals surface area contributed by atoms with Gasteiger partial charge in [-0.05, 0) is 30.7 Å². The molecule has 0 aliphatic heterocycles. The van der Waals surface area contributed by atoms with Crippen LogP contribution in [0.15, 0.2) is 48.9 Å². The second kappa shape index (κ2) is 5.61. The minimum Gasteiger partial charge on any atom is -0.494 e. The molecule has 0 unspecified atom stereocenters. The van der Waals surface area contributed by atoms with Crippen molar-refractivity contribution in [3.05, 3.63) is 54.5 Å². The predicted molar refractivity (Wildman–Crippen MR) is 77.9 cm³/mol. The first-order valence-electron chi connectivity index (χ1n) is 6.61. The maximum Gasteiger partial charge on any atom is 0.152 e. The van der Waals surface area contributed by atoms with Crippen LogP contribution in [0.2, 0.25) is 0 Å². The van der Waals surface area contributed by atoms with Crippen LogP contribution < -0.4 is 10.1 Å². The third-order valence-electron chi connectivity index (χ3n) is 2.99. The highest BCUT2D eigenvalue weighted by atomic mass is 16.5. The number of nitrogens with zero attached hydrogens (tertiary/aromatic N) is 3. The zero-order valence-electron chi connectivity index (χ0n) is 11.3. The molecule has 0 aliphatic rings. The van der Waals surface area contributed by atoms with E-state index in [1.807, 2.05) is 37.4 Å². The first-order chi connectivity index (χ1) is 9.86. The largest absolute Gasteiger partial charge is 0.494 e. The summed E-state index contributed by atoms with van der Waals surface area (Å²) in [7, 11) is 0. The van der Waals surface area contributed by atoms with E-state index < -0.39 is 0 Å². The third kappa shape index (κ3) is 2.56. The molecule has 0 bridgehead atoms. The lowest BCUT2D eigenvalue weighted by Crippen LogP contribution is -2.03. The van der Waals surface area contributed by atoms with Crippen molar-refractivity contribution in [3.8, 4) is 5.75 Å². The number of benzene rings is 1. The lowest BCUT2D eigenvalue weighted by molar-refractivity contribution is 0.340. The molecule has 0 amide bonds. The van der Waals surface area contributed by atoms with Crippen LogP contribution in [-0.2, 0) is 6.54 Å². The normalized spacial score (nSPS) is 10.7. The number of anilines is 1. The minimum absolute atomic E-state index is 0.674. The summed E-state index contributed by atoms with van der Waals surface area (Å²) < 4.78 is 7.30. The molecule has 0 radical (unpaired) electrons. The van der Waals surface area contributed by atoms with Crippen molar-refractivity contribution in [2.45, 2.75) is 13.5 Å². The summed E-state index contributed by atoms with van der Waals surface area (Å²) in [4.78, 5) is 4.35. The van der Waals surface area contributed by atoms with Gasteiger partial charge >= 0.3 is 0 Å². The van der Waals surface area contributed by atoms with Gasteiger partial charge in [0.05, 0.1) is 12.8 Å². The zero-order valence-corrected chi connectivity index (χ0v) is 11.3. The summed E-state index contributed by atoms with van der Waals surface area (Å²) in [5, 5.41) is 7.52. The zero-order chi connectivity index (χ0) is 13.8. The van der Waals surface area contributed by atoms with Crippen LogP contribution in [0.4, 0.5) is 5.82 Å². The van der Waals surface area contributed by atoms with E-state index in [1.165, 1.54) is 0 Å². The molecule has 0 saturated heterocycles. The third-order valence-corrected chi connectivity index (χ3v) is 2.99. The van der Waals surface area contributed by atoms with E-state index in [0.717, 1.165) is 22.6 Å². The summed E-state index contributed by atoms with van der Waals surface area (Å²) in [6.45, 7) is 3.35. The van der Waals surface area contributed by atoms with E-state index >= 15 is 0 Å². The Labute approximate surface area is 117 Å². The Morgan fingerprint density at radius 3 is 3.10 bits per heavy atom. The highest BCUT2D eigenvalue weighted by molar-refractivity contribution is 5.66. The molecule has 20 heavy (non-hydrogen) atoms. The van der Waals surface area contributed by atoms with Crippen LogP contribution >= 0.6 is 0 Å². The number of hydrogen-bond acceptors (Lipinski definition) is 4. The molecule has 1 N–H and O–H groups in total. The molecule has 3 aromatic rings. The van der Waals surface area contributed by atoms with E-state index in [1.54, 1.807) is 16.9 Å². The molecule has 0 saturated carbocycles. The van der Waals surface area contributed by atoms with Gasteiger partial charge in [-0.25, -0.2) is 9.50 Å². The Morgan fingerprint density at radius 2 is 2.20 bits per heavy atom. The maximum absolute atomic E-state index is 5.50. The highest BCUT2D eigenvalue weighted by Gasteiger charge is 2.03. The number of ether oxygens (including phenoxy) is 1. The molecule has 5 heteroatoms. The SMILES string of the molecule is CCOc1cccc(CNc2nccn3nccc23)c1. The summed E-state index contributed by atoms with van der Waals surface area (Å²) in [6.07, 6.45) is 5.33. The lowest BCUT2D eigenvalue weighted by atomic mass is 10.2. The number of nitrogens with one attached hydrogen (secondary N) is 1. The van der Waals surface area contributed by atoms with Crippen LogP contribution in [-0.4, -0.2) is 21.2 Å². The van der Waals surface area contributed by atoms with Crippen molar-refractivity contribution in [1.29, 1.82) is 0 Å². The number of rotatable bonds is 5. The van der Waals surface area contributed by atoms with Gasteiger partial charge < -0.3 is 10.1 Å².